The van der Waals surface area contributed by atoms with Gasteiger partial charge in [-0.05, 0) is 42.0 Å². The van der Waals surface area contributed by atoms with Crippen molar-refractivity contribution in [3.63, 3.8) is 0 Å². The summed E-state index contributed by atoms with van der Waals surface area (Å²) in [6, 6.07) is 23.0. The van der Waals surface area contributed by atoms with Gasteiger partial charge in [0.1, 0.15) is 0 Å². The van der Waals surface area contributed by atoms with Crippen molar-refractivity contribution in [2.45, 2.75) is 44.3 Å². The predicted molar refractivity (Wildman–Crippen MR) is 159 cm³/mol. The fraction of sp³-hybridized carbons (Fsp3) is 0.419. The molecule has 4 heterocycles. The van der Waals surface area contributed by atoms with Crippen molar-refractivity contribution in [2.24, 2.45) is 0 Å². The lowest BCUT2D eigenvalue weighted by molar-refractivity contribution is -0.938. The zero-order chi connectivity index (χ0) is 26.0. The molecule has 1 N–H and O–H groups in total. The van der Waals surface area contributed by atoms with Gasteiger partial charge in [-0.1, -0.05) is 35.6 Å². The quantitative estimate of drug-likeness (QED) is 0.307. The lowest BCUT2D eigenvalue weighted by atomic mass is 9.94. The van der Waals surface area contributed by atoms with Crippen molar-refractivity contribution in [3.8, 4) is 0 Å². The minimum Gasteiger partial charge on any atom is -0.345 e. The first-order chi connectivity index (χ1) is 18.6. The molecule has 198 valence electrons. The third-order valence-corrected chi connectivity index (χ3v) is 9.91. The molecule has 0 amide bonds. The summed E-state index contributed by atoms with van der Waals surface area (Å²) in [4.78, 5) is 14.1. The Kier molecular flexibility index (Phi) is 7.32. The minimum absolute atomic E-state index is 0.516. The van der Waals surface area contributed by atoms with Crippen molar-refractivity contribution in [1.29, 1.82) is 0 Å². The van der Waals surface area contributed by atoms with E-state index in [1.807, 2.05) is 35.9 Å². The van der Waals surface area contributed by atoms with Crippen LogP contribution in [-0.4, -0.2) is 66.8 Å². The SMILES string of the molecule is CN(c1ccncc1)c1ccc(CN(c2nc3ccccc3s2)C2CC[N+](C)(C3CCNCC3)CC2)cc1. The van der Waals surface area contributed by atoms with Crippen LogP contribution in [0.25, 0.3) is 10.2 Å². The summed E-state index contributed by atoms with van der Waals surface area (Å²) >= 11 is 1.84. The van der Waals surface area contributed by atoms with Gasteiger partial charge in [-0.2, -0.15) is 0 Å². The zero-order valence-electron chi connectivity index (χ0n) is 22.6. The Morgan fingerprint density at radius 2 is 1.58 bits per heavy atom. The van der Waals surface area contributed by atoms with E-state index < -0.39 is 0 Å². The number of nitrogens with zero attached hydrogens (tertiary/aromatic N) is 5. The summed E-state index contributed by atoms with van der Waals surface area (Å²) in [6.45, 7) is 5.75. The Hall–Kier alpha value is -3.00. The molecule has 2 aliphatic heterocycles. The first-order valence-electron chi connectivity index (χ1n) is 14.0. The third-order valence-electron chi connectivity index (χ3n) is 8.83. The van der Waals surface area contributed by atoms with Crippen molar-refractivity contribution in [3.05, 3.63) is 78.6 Å². The molecule has 0 saturated carbocycles. The van der Waals surface area contributed by atoms with Gasteiger partial charge < -0.3 is 19.6 Å². The maximum absolute atomic E-state index is 5.11. The molecule has 0 aliphatic carbocycles. The molecule has 2 aromatic heterocycles. The Morgan fingerprint density at radius 3 is 2.29 bits per heavy atom. The molecule has 0 spiro atoms. The van der Waals surface area contributed by atoms with Gasteiger partial charge in [-0.3, -0.25) is 4.98 Å². The summed E-state index contributed by atoms with van der Waals surface area (Å²) < 4.78 is 2.51. The second-order valence-corrected chi connectivity index (χ2v) is 12.2. The number of hydrogen-bond acceptors (Lipinski definition) is 6. The van der Waals surface area contributed by atoms with E-state index in [9.17, 15) is 0 Å². The minimum atomic E-state index is 0.516. The van der Waals surface area contributed by atoms with Crippen molar-refractivity contribution in [2.75, 3.05) is 50.1 Å². The highest BCUT2D eigenvalue weighted by Gasteiger charge is 2.39. The molecule has 2 fully saturated rings. The molecule has 7 heteroatoms. The highest BCUT2D eigenvalue weighted by atomic mass is 32.1. The lowest BCUT2D eigenvalue weighted by Crippen LogP contribution is -2.61. The van der Waals surface area contributed by atoms with Gasteiger partial charge in [0, 0.05) is 82.2 Å². The first-order valence-corrected chi connectivity index (χ1v) is 14.8. The number of rotatable bonds is 7. The second-order valence-electron chi connectivity index (χ2n) is 11.2. The maximum Gasteiger partial charge on any atom is 0.186 e. The number of aromatic nitrogens is 2. The van der Waals surface area contributed by atoms with Crippen LogP contribution >= 0.6 is 11.3 Å². The maximum atomic E-state index is 5.11. The van der Waals surface area contributed by atoms with Gasteiger partial charge in [0.2, 0.25) is 0 Å². The van der Waals surface area contributed by atoms with Crippen LogP contribution in [0.3, 0.4) is 0 Å². The number of benzene rings is 2. The number of piperidine rings is 2. The van der Waals surface area contributed by atoms with Crippen LogP contribution in [0.15, 0.2) is 73.1 Å². The Labute approximate surface area is 230 Å². The third kappa shape index (κ3) is 5.28. The topological polar surface area (TPSA) is 44.3 Å². The molecule has 38 heavy (non-hydrogen) atoms. The van der Waals surface area contributed by atoms with E-state index in [4.69, 9.17) is 4.98 Å². The van der Waals surface area contributed by atoms with E-state index in [-0.39, 0.29) is 0 Å². The monoisotopic (exact) mass is 527 g/mol. The van der Waals surface area contributed by atoms with E-state index in [0.29, 0.717) is 6.04 Å². The molecule has 0 atom stereocenters. The van der Waals surface area contributed by atoms with Crippen LogP contribution in [0.1, 0.15) is 31.2 Å². The molecule has 2 aliphatic rings. The smallest absolute Gasteiger partial charge is 0.186 e. The van der Waals surface area contributed by atoms with E-state index >= 15 is 0 Å². The van der Waals surface area contributed by atoms with Crippen LogP contribution in [0.5, 0.6) is 0 Å². The van der Waals surface area contributed by atoms with Crippen LogP contribution in [0.2, 0.25) is 0 Å². The predicted octanol–water partition coefficient (Wildman–Crippen LogP) is 5.83. The Balaban J connectivity index is 1.22. The Morgan fingerprint density at radius 1 is 0.895 bits per heavy atom. The molecule has 4 aromatic rings. The number of quaternary nitrogens is 1. The second kappa shape index (κ2) is 11.0. The summed E-state index contributed by atoms with van der Waals surface area (Å²) in [5.41, 5.74) is 4.76. The van der Waals surface area contributed by atoms with Crippen LogP contribution in [0.4, 0.5) is 16.5 Å². The number of pyridine rings is 1. The molecular formula is C31H39N6S+. The fourth-order valence-electron chi connectivity index (χ4n) is 6.33. The first kappa shape index (κ1) is 25.3. The van der Waals surface area contributed by atoms with Gasteiger partial charge in [0.15, 0.2) is 5.13 Å². The molecule has 6 nitrogen and oxygen atoms in total. The van der Waals surface area contributed by atoms with Crippen LogP contribution in [-0.2, 0) is 6.54 Å². The van der Waals surface area contributed by atoms with Crippen LogP contribution < -0.4 is 15.1 Å². The molecular weight excluding hydrogens is 488 g/mol. The summed E-state index contributed by atoms with van der Waals surface area (Å²) in [5, 5.41) is 4.71. The normalized spacial score (nSPS) is 22.4. The average Bonchev–Trinajstić information content (AvgIpc) is 3.41. The molecule has 2 saturated heterocycles. The van der Waals surface area contributed by atoms with Gasteiger partial charge in [-0.25, -0.2) is 4.98 Å². The largest absolute Gasteiger partial charge is 0.345 e. The number of hydrogen-bond donors (Lipinski definition) is 1. The number of nitrogens with one attached hydrogen (secondary N) is 1. The van der Waals surface area contributed by atoms with E-state index in [1.54, 1.807) is 0 Å². The fourth-order valence-corrected chi connectivity index (χ4v) is 7.36. The summed E-state index contributed by atoms with van der Waals surface area (Å²) in [6.07, 6.45) is 8.74. The van der Waals surface area contributed by atoms with Gasteiger partial charge >= 0.3 is 0 Å². The standard InChI is InChI=1S/C31H39N6S/c1-35(26-11-17-32-18-12-26)25-9-7-24(8-10-25)23-36(31-34-29-5-3-4-6-30(29)38-31)27-15-21-37(2,22-16-27)28-13-19-33-20-14-28/h3-12,17-18,27-28,33H,13-16,19-23H2,1-2H3/q+1. The molecule has 2 aromatic carbocycles. The number of fused-ring (bicyclic) bond motifs is 1. The number of thiazole rings is 1. The number of para-hydroxylation sites is 1. The van der Waals surface area contributed by atoms with Crippen molar-refractivity contribution < 1.29 is 4.48 Å². The van der Waals surface area contributed by atoms with Crippen LogP contribution in [0, 0.1) is 0 Å². The van der Waals surface area contributed by atoms with Gasteiger partial charge in [0.05, 0.1) is 36.4 Å². The highest BCUT2D eigenvalue weighted by molar-refractivity contribution is 7.22. The van der Waals surface area contributed by atoms with E-state index in [2.05, 4.69) is 82.7 Å². The molecule has 0 unspecified atom stereocenters. The van der Waals surface area contributed by atoms with Gasteiger partial charge in [0.25, 0.3) is 0 Å². The molecule has 0 radical (unpaired) electrons. The van der Waals surface area contributed by atoms with E-state index in [1.165, 1.54) is 72.3 Å². The van der Waals surface area contributed by atoms with Crippen molar-refractivity contribution >= 4 is 38.1 Å². The zero-order valence-corrected chi connectivity index (χ0v) is 23.4. The summed E-state index contributed by atoms with van der Waals surface area (Å²) in [7, 11) is 4.61. The lowest BCUT2D eigenvalue weighted by Gasteiger charge is -2.49. The molecule has 6 rings (SSSR count). The number of anilines is 3. The highest BCUT2D eigenvalue weighted by Crippen LogP contribution is 2.35. The van der Waals surface area contributed by atoms with Crippen molar-refractivity contribution in [1.82, 2.24) is 15.3 Å². The molecule has 0 bridgehead atoms. The Bertz CT molecular complexity index is 1290. The van der Waals surface area contributed by atoms with E-state index in [0.717, 1.165) is 28.9 Å². The van der Waals surface area contributed by atoms with Gasteiger partial charge in [-0.15, -0.1) is 0 Å². The average molecular weight is 528 g/mol. The number of likely N-dealkylation sites (tertiary alicyclic amines) is 1. The summed E-state index contributed by atoms with van der Waals surface area (Å²) in [5.74, 6) is 0.